The highest BCUT2D eigenvalue weighted by Crippen LogP contribution is 2.40. The molecule has 4 rings (SSSR count). The monoisotopic (exact) mass is 329 g/mol. The summed E-state index contributed by atoms with van der Waals surface area (Å²) in [6.07, 6.45) is 4.56. The van der Waals surface area contributed by atoms with E-state index in [1.807, 2.05) is 28.9 Å². The van der Waals surface area contributed by atoms with Gasteiger partial charge in [-0.3, -0.25) is 4.90 Å². The van der Waals surface area contributed by atoms with Gasteiger partial charge in [0.05, 0.1) is 25.4 Å². The maximum Gasteiger partial charge on any atom is 0.173 e. The molecule has 1 aliphatic heterocycles. The fraction of sp³-hybridized carbons (Fsp3) is 0.588. The summed E-state index contributed by atoms with van der Waals surface area (Å²) in [6.45, 7) is 1.23. The van der Waals surface area contributed by atoms with Gasteiger partial charge in [-0.05, 0) is 66.3 Å². The Bertz CT molecular complexity index is 683. The molecular weight excluding hydrogens is 306 g/mol. The molecule has 1 saturated heterocycles. The third-order valence-electron chi connectivity index (χ3n) is 5.13. The quantitative estimate of drug-likeness (QED) is 0.867. The van der Waals surface area contributed by atoms with E-state index >= 15 is 0 Å². The van der Waals surface area contributed by atoms with Crippen LogP contribution in [0.2, 0.25) is 0 Å². The van der Waals surface area contributed by atoms with Gasteiger partial charge in [-0.2, -0.15) is 4.68 Å². The van der Waals surface area contributed by atoms with Crippen molar-refractivity contribution in [2.24, 2.45) is 5.92 Å². The van der Waals surface area contributed by atoms with Crippen LogP contribution in [-0.4, -0.2) is 56.5 Å². The van der Waals surface area contributed by atoms with Gasteiger partial charge in [-0.1, -0.05) is 0 Å². The number of rotatable bonds is 6. The number of hydrogen-bond donors (Lipinski definition) is 1. The maximum absolute atomic E-state index is 9.72. The van der Waals surface area contributed by atoms with Crippen molar-refractivity contribution in [2.45, 2.75) is 37.8 Å². The Morgan fingerprint density at radius 3 is 2.62 bits per heavy atom. The van der Waals surface area contributed by atoms with Crippen LogP contribution in [0.15, 0.2) is 24.3 Å². The molecule has 1 N–H and O–H groups in total. The predicted molar refractivity (Wildman–Crippen MR) is 88.0 cm³/mol. The van der Waals surface area contributed by atoms with Crippen molar-refractivity contribution in [1.29, 1.82) is 0 Å². The molecule has 0 spiro atoms. The van der Waals surface area contributed by atoms with Crippen LogP contribution in [0, 0.1) is 5.92 Å². The van der Waals surface area contributed by atoms with Crippen LogP contribution in [0.1, 0.15) is 37.5 Å². The standard InChI is InChI=1S/C17H23N5O2/c1-24-15-7-4-13(5-8-15)22-17(18-19-20-22)16-9-6-14(11-23)21(16)10-12-2-3-12/h4-5,7-8,12,14,16,23H,2-3,6,9-11H2,1H3/t14-,16+/m0/s1. The third kappa shape index (κ3) is 2.89. The van der Waals surface area contributed by atoms with Crippen LogP contribution in [0.25, 0.3) is 5.69 Å². The summed E-state index contributed by atoms with van der Waals surface area (Å²) in [5.74, 6) is 2.44. The van der Waals surface area contributed by atoms with Crippen molar-refractivity contribution in [3.8, 4) is 11.4 Å². The number of aliphatic hydroxyl groups excluding tert-OH is 1. The summed E-state index contributed by atoms with van der Waals surface area (Å²) in [4.78, 5) is 2.41. The van der Waals surface area contributed by atoms with Crippen molar-refractivity contribution < 1.29 is 9.84 Å². The molecule has 1 aromatic heterocycles. The molecule has 0 radical (unpaired) electrons. The lowest BCUT2D eigenvalue weighted by atomic mass is 10.2. The minimum Gasteiger partial charge on any atom is -0.497 e. The molecule has 0 amide bonds. The van der Waals surface area contributed by atoms with Crippen molar-refractivity contribution in [1.82, 2.24) is 25.1 Å². The number of likely N-dealkylation sites (tertiary alicyclic amines) is 1. The molecule has 2 atom stereocenters. The van der Waals surface area contributed by atoms with Crippen LogP contribution in [0.3, 0.4) is 0 Å². The molecule has 1 aromatic carbocycles. The van der Waals surface area contributed by atoms with Gasteiger partial charge in [0.15, 0.2) is 5.82 Å². The first kappa shape index (κ1) is 15.5. The van der Waals surface area contributed by atoms with Gasteiger partial charge in [-0.15, -0.1) is 5.10 Å². The van der Waals surface area contributed by atoms with E-state index in [0.29, 0.717) is 0 Å². The highest BCUT2D eigenvalue weighted by atomic mass is 16.5. The van der Waals surface area contributed by atoms with Crippen molar-refractivity contribution in [2.75, 3.05) is 20.3 Å². The van der Waals surface area contributed by atoms with Crippen LogP contribution < -0.4 is 4.74 Å². The molecule has 128 valence electrons. The maximum atomic E-state index is 9.72. The summed E-state index contributed by atoms with van der Waals surface area (Å²) < 4.78 is 7.03. The third-order valence-corrected chi connectivity index (χ3v) is 5.13. The van der Waals surface area contributed by atoms with E-state index in [9.17, 15) is 5.11 Å². The molecule has 0 unspecified atom stereocenters. The van der Waals surface area contributed by atoms with E-state index in [1.165, 1.54) is 12.8 Å². The number of methoxy groups -OCH3 is 1. The molecule has 1 aliphatic carbocycles. The van der Waals surface area contributed by atoms with Crippen LogP contribution >= 0.6 is 0 Å². The van der Waals surface area contributed by atoms with Crippen LogP contribution in [-0.2, 0) is 0 Å². The van der Waals surface area contributed by atoms with Crippen molar-refractivity contribution in [3.63, 3.8) is 0 Å². The van der Waals surface area contributed by atoms with Gasteiger partial charge >= 0.3 is 0 Å². The summed E-state index contributed by atoms with van der Waals surface area (Å²) in [5.41, 5.74) is 0.926. The van der Waals surface area contributed by atoms with E-state index in [0.717, 1.165) is 42.6 Å². The fourth-order valence-corrected chi connectivity index (χ4v) is 3.59. The van der Waals surface area contributed by atoms with E-state index in [-0.39, 0.29) is 18.7 Å². The molecule has 1 saturated carbocycles. The number of hydrogen-bond acceptors (Lipinski definition) is 6. The number of nitrogens with zero attached hydrogens (tertiary/aromatic N) is 5. The second-order valence-corrected chi connectivity index (χ2v) is 6.72. The molecular formula is C17H23N5O2. The average Bonchev–Trinajstić information content (AvgIpc) is 3.16. The molecule has 7 nitrogen and oxygen atoms in total. The number of tetrazole rings is 1. The Morgan fingerprint density at radius 2 is 1.96 bits per heavy atom. The molecule has 2 aromatic rings. The van der Waals surface area contributed by atoms with Crippen LogP contribution in [0.4, 0.5) is 0 Å². The molecule has 7 heteroatoms. The topological polar surface area (TPSA) is 76.3 Å². The second-order valence-electron chi connectivity index (χ2n) is 6.72. The molecule has 24 heavy (non-hydrogen) atoms. The number of aromatic nitrogens is 4. The minimum atomic E-state index is 0.167. The normalized spacial score (nSPS) is 24.4. The lowest BCUT2D eigenvalue weighted by Crippen LogP contribution is -2.36. The van der Waals surface area contributed by atoms with Gasteiger partial charge in [0.2, 0.25) is 0 Å². The predicted octanol–water partition coefficient (Wildman–Crippen LogP) is 1.58. The number of benzene rings is 1. The lowest BCUT2D eigenvalue weighted by Gasteiger charge is -2.28. The summed E-state index contributed by atoms with van der Waals surface area (Å²) in [5, 5.41) is 22.1. The molecule has 0 bridgehead atoms. The average molecular weight is 329 g/mol. The SMILES string of the molecule is COc1ccc(-n2nnnc2[C@H]2CC[C@@H](CO)N2CC2CC2)cc1. The Balaban J connectivity index is 1.62. The van der Waals surface area contributed by atoms with E-state index in [2.05, 4.69) is 20.4 Å². The van der Waals surface area contributed by atoms with Gasteiger partial charge in [-0.25, -0.2) is 0 Å². The van der Waals surface area contributed by atoms with Crippen molar-refractivity contribution >= 4 is 0 Å². The zero-order valence-electron chi connectivity index (χ0n) is 13.9. The number of aliphatic hydroxyl groups is 1. The first-order chi connectivity index (χ1) is 11.8. The van der Waals surface area contributed by atoms with E-state index in [1.54, 1.807) is 7.11 Å². The zero-order chi connectivity index (χ0) is 16.5. The highest BCUT2D eigenvalue weighted by molar-refractivity contribution is 5.37. The second kappa shape index (κ2) is 6.49. The Morgan fingerprint density at radius 1 is 1.17 bits per heavy atom. The minimum absolute atomic E-state index is 0.167. The number of ether oxygens (including phenoxy) is 1. The zero-order valence-corrected chi connectivity index (χ0v) is 13.9. The largest absolute Gasteiger partial charge is 0.497 e. The van der Waals surface area contributed by atoms with Gasteiger partial charge < -0.3 is 9.84 Å². The summed E-state index contributed by atoms with van der Waals surface area (Å²) in [6, 6.07) is 8.13. The van der Waals surface area contributed by atoms with Crippen molar-refractivity contribution in [3.05, 3.63) is 30.1 Å². The molecule has 2 fully saturated rings. The molecule has 2 aliphatic rings. The van der Waals surface area contributed by atoms with Gasteiger partial charge in [0, 0.05) is 12.6 Å². The molecule has 2 heterocycles. The fourth-order valence-electron chi connectivity index (χ4n) is 3.59. The smallest absolute Gasteiger partial charge is 0.173 e. The lowest BCUT2D eigenvalue weighted by molar-refractivity contribution is 0.120. The summed E-state index contributed by atoms with van der Waals surface area (Å²) in [7, 11) is 1.65. The van der Waals surface area contributed by atoms with Gasteiger partial charge in [0.1, 0.15) is 5.75 Å². The Kier molecular flexibility index (Phi) is 4.20. The highest BCUT2D eigenvalue weighted by Gasteiger charge is 2.40. The van der Waals surface area contributed by atoms with Gasteiger partial charge in [0.25, 0.3) is 0 Å². The van der Waals surface area contributed by atoms with E-state index < -0.39 is 0 Å². The summed E-state index contributed by atoms with van der Waals surface area (Å²) >= 11 is 0. The van der Waals surface area contributed by atoms with Crippen LogP contribution in [0.5, 0.6) is 5.75 Å². The Labute approximate surface area is 141 Å². The van der Waals surface area contributed by atoms with E-state index in [4.69, 9.17) is 4.74 Å². The first-order valence-corrected chi connectivity index (χ1v) is 8.59. The Hall–Kier alpha value is -1.99. The first-order valence-electron chi connectivity index (χ1n) is 8.59.